The van der Waals surface area contributed by atoms with Crippen molar-refractivity contribution in [2.45, 2.75) is 47.6 Å². The summed E-state index contributed by atoms with van der Waals surface area (Å²) in [4.78, 5) is 7.56. The fraction of sp³-hybridized carbons (Fsp3) is 0.944. The smallest absolute Gasteiger partial charge is 0.0633 e. The van der Waals surface area contributed by atoms with Crippen molar-refractivity contribution < 1.29 is 0 Å². The van der Waals surface area contributed by atoms with Crippen molar-refractivity contribution in [3.8, 4) is 0 Å². The van der Waals surface area contributed by atoms with E-state index in [9.17, 15) is 0 Å². The van der Waals surface area contributed by atoms with E-state index in [2.05, 4.69) is 56.5 Å². The maximum atomic E-state index is 4.89. The number of hydrazine groups is 1. The van der Waals surface area contributed by atoms with E-state index in [1.807, 2.05) is 0 Å². The van der Waals surface area contributed by atoms with Crippen LogP contribution in [-0.4, -0.2) is 72.5 Å². The van der Waals surface area contributed by atoms with Gasteiger partial charge in [0.25, 0.3) is 0 Å². The molecule has 22 heavy (non-hydrogen) atoms. The van der Waals surface area contributed by atoms with Crippen LogP contribution in [0.5, 0.6) is 0 Å². The summed E-state index contributed by atoms with van der Waals surface area (Å²) in [6.45, 7) is 21.7. The zero-order chi connectivity index (χ0) is 16.3. The molecule has 0 radical (unpaired) electrons. The number of hydrogen-bond donors (Lipinski definition) is 0. The monoisotopic (exact) mass is 308 g/mol. The Morgan fingerprint density at radius 2 is 1.50 bits per heavy atom. The lowest BCUT2D eigenvalue weighted by Crippen LogP contribution is -2.64. The van der Waals surface area contributed by atoms with Crippen molar-refractivity contribution >= 4 is 5.71 Å². The van der Waals surface area contributed by atoms with Crippen LogP contribution in [0.3, 0.4) is 0 Å². The Hall–Kier alpha value is -0.450. The van der Waals surface area contributed by atoms with Crippen LogP contribution in [-0.2, 0) is 0 Å². The predicted octanol–water partition coefficient (Wildman–Crippen LogP) is 2.61. The molecule has 2 rings (SSSR count). The van der Waals surface area contributed by atoms with E-state index in [0.29, 0.717) is 17.9 Å². The molecule has 128 valence electrons. The molecule has 4 heteroatoms. The highest BCUT2D eigenvalue weighted by Gasteiger charge is 2.36. The van der Waals surface area contributed by atoms with Crippen LogP contribution in [0.4, 0.5) is 0 Å². The van der Waals surface area contributed by atoms with Crippen molar-refractivity contribution in [3.05, 3.63) is 0 Å². The third-order valence-corrected chi connectivity index (χ3v) is 4.41. The molecule has 0 aromatic carbocycles. The van der Waals surface area contributed by atoms with Crippen LogP contribution < -0.4 is 0 Å². The van der Waals surface area contributed by atoms with Gasteiger partial charge in [0.2, 0.25) is 0 Å². The van der Waals surface area contributed by atoms with Crippen LogP contribution in [0, 0.1) is 17.8 Å². The van der Waals surface area contributed by atoms with Gasteiger partial charge in [-0.05, 0) is 17.8 Å². The maximum absolute atomic E-state index is 4.89. The fourth-order valence-electron chi connectivity index (χ4n) is 3.67. The second-order valence-electron chi connectivity index (χ2n) is 8.28. The Labute approximate surface area is 137 Å². The minimum Gasteiger partial charge on any atom is -0.292 e. The first kappa shape index (κ1) is 17.9. The Morgan fingerprint density at radius 3 is 2.09 bits per heavy atom. The van der Waals surface area contributed by atoms with Crippen LogP contribution in [0.15, 0.2) is 4.99 Å². The lowest BCUT2D eigenvalue weighted by Gasteiger charge is -2.49. The zero-order valence-electron chi connectivity index (χ0n) is 15.5. The topological polar surface area (TPSA) is 22.1 Å². The largest absolute Gasteiger partial charge is 0.292 e. The highest BCUT2D eigenvalue weighted by atomic mass is 15.6. The lowest BCUT2D eigenvalue weighted by atomic mass is 10.0. The molecular formula is C18H36N4. The molecule has 2 aliphatic heterocycles. The van der Waals surface area contributed by atoms with Gasteiger partial charge < -0.3 is 0 Å². The van der Waals surface area contributed by atoms with Crippen molar-refractivity contribution in [2.24, 2.45) is 22.7 Å². The summed E-state index contributed by atoms with van der Waals surface area (Å²) >= 11 is 0. The summed E-state index contributed by atoms with van der Waals surface area (Å²) in [5, 5.41) is 5.16. The molecule has 0 aromatic rings. The molecule has 0 N–H and O–H groups in total. The normalized spacial score (nSPS) is 25.1. The number of fused-ring (bicyclic) bond motifs is 1. The Kier molecular flexibility index (Phi) is 6.42. The summed E-state index contributed by atoms with van der Waals surface area (Å²) in [5.74, 6) is 2.13. The second kappa shape index (κ2) is 7.89. The summed E-state index contributed by atoms with van der Waals surface area (Å²) < 4.78 is 0. The first-order valence-electron chi connectivity index (χ1n) is 9.13. The molecule has 2 aliphatic rings. The van der Waals surface area contributed by atoms with E-state index >= 15 is 0 Å². The minimum absolute atomic E-state index is 0.540. The zero-order valence-corrected chi connectivity index (χ0v) is 15.5. The standard InChI is InChI=1S/C18H36N4/c1-14(2)9-20-8-7-19-17-12-21(10-15(3)4)22(11-16(5)6)13-18(17)20/h14-16,18H,7-13H2,1-6H3. The fourth-order valence-corrected chi connectivity index (χ4v) is 3.67. The molecule has 0 bridgehead atoms. The molecule has 0 amide bonds. The highest BCUT2D eigenvalue weighted by molar-refractivity contribution is 5.92. The quantitative estimate of drug-likeness (QED) is 0.753. The van der Waals surface area contributed by atoms with Gasteiger partial charge in [-0.25, -0.2) is 10.0 Å². The molecule has 1 unspecified atom stereocenters. The third kappa shape index (κ3) is 4.77. The molecule has 0 spiro atoms. The number of rotatable bonds is 6. The van der Waals surface area contributed by atoms with E-state index < -0.39 is 0 Å². The van der Waals surface area contributed by atoms with Gasteiger partial charge >= 0.3 is 0 Å². The Bertz CT molecular complexity index is 375. The van der Waals surface area contributed by atoms with Gasteiger partial charge in [-0.2, -0.15) is 0 Å². The van der Waals surface area contributed by atoms with Gasteiger partial charge in [0, 0.05) is 38.4 Å². The number of nitrogens with zero attached hydrogens (tertiary/aromatic N) is 4. The summed E-state index contributed by atoms with van der Waals surface area (Å²) in [7, 11) is 0. The molecule has 4 nitrogen and oxygen atoms in total. The minimum atomic E-state index is 0.540. The summed E-state index contributed by atoms with van der Waals surface area (Å²) in [6, 6.07) is 0.540. The van der Waals surface area contributed by atoms with Crippen molar-refractivity contribution in [2.75, 3.05) is 45.8 Å². The van der Waals surface area contributed by atoms with E-state index in [1.54, 1.807) is 0 Å². The average Bonchev–Trinajstić information content (AvgIpc) is 2.38. The first-order chi connectivity index (χ1) is 10.4. The molecular weight excluding hydrogens is 272 g/mol. The molecule has 0 saturated carbocycles. The average molecular weight is 309 g/mol. The highest BCUT2D eigenvalue weighted by Crippen LogP contribution is 2.21. The van der Waals surface area contributed by atoms with E-state index in [4.69, 9.17) is 4.99 Å². The van der Waals surface area contributed by atoms with Crippen LogP contribution in [0.1, 0.15) is 41.5 Å². The van der Waals surface area contributed by atoms with Crippen LogP contribution in [0.2, 0.25) is 0 Å². The van der Waals surface area contributed by atoms with E-state index in [0.717, 1.165) is 45.2 Å². The first-order valence-corrected chi connectivity index (χ1v) is 9.13. The molecule has 1 atom stereocenters. The molecule has 0 aliphatic carbocycles. The van der Waals surface area contributed by atoms with Crippen molar-refractivity contribution in [3.63, 3.8) is 0 Å². The van der Waals surface area contributed by atoms with Crippen LogP contribution >= 0.6 is 0 Å². The van der Waals surface area contributed by atoms with Crippen LogP contribution in [0.25, 0.3) is 0 Å². The number of aliphatic imine (C=N–C) groups is 1. The van der Waals surface area contributed by atoms with E-state index in [1.165, 1.54) is 12.3 Å². The SMILES string of the molecule is CC(C)CN1CCN=C2CN(CC(C)C)N(CC(C)C)CC21. The van der Waals surface area contributed by atoms with Gasteiger partial charge in [-0.3, -0.25) is 9.89 Å². The van der Waals surface area contributed by atoms with Gasteiger partial charge in [-0.1, -0.05) is 41.5 Å². The van der Waals surface area contributed by atoms with Gasteiger partial charge in [-0.15, -0.1) is 0 Å². The van der Waals surface area contributed by atoms with Crippen molar-refractivity contribution in [1.82, 2.24) is 14.9 Å². The molecule has 1 saturated heterocycles. The lowest BCUT2D eigenvalue weighted by molar-refractivity contribution is -0.0579. The third-order valence-electron chi connectivity index (χ3n) is 4.41. The van der Waals surface area contributed by atoms with Crippen molar-refractivity contribution in [1.29, 1.82) is 0 Å². The maximum Gasteiger partial charge on any atom is 0.0633 e. The predicted molar refractivity (Wildman–Crippen MR) is 95.3 cm³/mol. The molecule has 1 fully saturated rings. The Morgan fingerprint density at radius 1 is 0.909 bits per heavy atom. The summed E-state index contributed by atoms with van der Waals surface area (Å²) in [6.07, 6.45) is 0. The Balaban J connectivity index is 2.11. The van der Waals surface area contributed by atoms with E-state index in [-0.39, 0.29) is 0 Å². The van der Waals surface area contributed by atoms with Gasteiger partial charge in [0.05, 0.1) is 19.1 Å². The number of hydrogen-bond acceptors (Lipinski definition) is 4. The van der Waals surface area contributed by atoms with Gasteiger partial charge in [0.15, 0.2) is 0 Å². The van der Waals surface area contributed by atoms with Gasteiger partial charge in [0.1, 0.15) is 0 Å². The summed E-state index contributed by atoms with van der Waals surface area (Å²) in [5.41, 5.74) is 1.42. The second-order valence-corrected chi connectivity index (χ2v) is 8.28. The molecule has 2 heterocycles. The molecule has 0 aromatic heterocycles.